The van der Waals surface area contributed by atoms with Crippen LogP contribution in [0.3, 0.4) is 0 Å². The Morgan fingerprint density at radius 1 is 1.28 bits per heavy atom. The van der Waals surface area contributed by atoms with E-state index in [1.165, 1.54) is 18.4 Å². The number of allylic oxidation sites excluding steroid dienone is 3. The van der Waals surface area contributed by atoms with Gasteiger partial charge in [-0.05, 0) is 82.8 Å². The molecule has 0 saturated carbocycles. The Bertz CT molecular complexity index is 508. The molecule has 1 aliphatic heterocycles. The summed E-state index contributed by atoms with van der Waals surface area (Å²) in [7, 11) is 1.77. The number of amides is 1. The molecule has 1 atom stereocenters. The minimum atomic E-state index is -0.411. The number of piperidine rings is 1. The first-order chi connectivity index (χ1) is 11.8. The quantitative estimate of drug-likeness (QED) is 0.676. The van der Waals surface area contributed by atoms with Crippen molar-refractivity contribution in [2.45, 2.75) is 71.8 Å². The molecule has 0 N–H and O–H groups in total. The van der Waals surface area contributed by atoms with E-state index < -0.39 is 5.60 Å². The summed E-state index contributed by atoms with van der Waals surface area (Å²) >= 11 is 0. The highest BCUT2D eigenvalue weighted by atomic mass is 16.6. The van der Waals surface area contributed by atoms with Gasteiger partial charge in [0.1, 0.15) is 11.4 Å². The van der Waals surface area contributed by atoms with Crippen LogP contribution in [-0.2, 0) is 9.47 Å². The van der Waals surface area contributed by atoms with E-state index in [4.69, 9.17) is 9.47 Å². The van der Waals surface area contributed by atoms with Gasteiger partial charge in [0.2, 0.25) is 0 Å². The maximum Gasteiger partial charge on any atom is 0.410 e. The SMILES string of the molecule is COC1=CC(C)CC=C1CCCC1CCN(C(=O)OC(C)(C)C)CC1. The maximum absolute atomic E-state index is 12.1. The Morgan fingerprint density at radius 2 is 1.96 bits per heavy atom. The third-order valence-corrected chi connectivity index (χ3v) is 5.03. The molecule has 1 fully saturated rings. The average Bonchev–Trinajstić information content (AvgIpc) is 2.55. The minimum Gasteiger partial charge on any atom is -0.497 e. The molecule has 1 amide bonds. The van der Waals surface area contributed by atoms with Crippen LogP contribution in [0.1, 0.15) is 66.2 Å². The van der Waals surface area contributed by atoms with Crippen LogP contribution < -0.4 is 0 Å². The zero-order chi connectivity index (χ0) is 18.4. The Morgan fingerprint density at radius 3 is 2.56 bits per heavy atom. The highest BCUT2D eigenvalue weighted by molar-refractivity contribution is 5.68. The van der Waals surface area contributed by atoms with E-state index in [0.29, 0.717) is 5.92 Å². The van der Waals surface area contributed by atoms with E-state index >= 15 is 0 Å². The molecule has 1 heterocycles. The molecule has 0 aromatic heterocycles. The standard InChI is InChI=1S/C21H35NO3/c1-16-9-10-18(19(15-16)24-5)8-6-7-17-11-13-22(14-12-17)20(23)25-21(2,3)4/h10,15-17H,6-9,11-14H2,1-5H3. The van der Waals surface area contributed by atoms with Crippen molar-refractivity contribution in [3.63, 3.8) is 0 Å². The van der Waals surface area contributed by atoms with Gasteiger partial charge in [-0.15, -0.1) is 0 Å². The highest BCUT2D eigenvalue weighted by Gasteiger charge is 2.26. The third kappa shape index (κ3) is 6.41. The first-order valence-electron chi connectivity index (χ1n) is 9.71. The van der Waals surface area contributed by atoms with Crippen molar-refractivity contribution < 1.29 is 14.3 Å². The van der Waals surface area contributed by atoms with E-state index in [0.717, 1.165) is 50.4 Å². The largest absolute Gasteiger partial charge is 0.497 e. The summed E-state index contributed by atoms with van der Waals surface area (Å²) in [5.41, 5.74) is 0.956. The molecule has 1 saturated heterocycles. The zero-order valence-electron chi connectivity index (χ0n) is 16.6. The molecule has 0 spiro atoms. The van der Waals surface area contributed by atoms with E-state index in [1.807, 2.05) is 25.7 Å². The van der Waals surface area contributed by atoms with Crippen LogP contribution in [0, 0.1) is 11.8 Å². The van der Waals surface area contributed by atoms with Crippen molar-refractivity contribution in [2.24, 2.45) is 11.8 Å². The van der Waals surface area contributed by atoms with Gasteiger partial charge >= 0.3 is 6.09 Å². The van der Waals surface area contributed by atoms with Crippen LogP contribution in [0.4, 0.5) is 4.79 Å². The lowest BCUT2D eigenvalue weighted by Gasteiger charge is -2.33. The first kappa shape index (κ1) is 19.9. The summed E-state index contributed by atoms with van der Waals surface area (Å²) in [5, 5.41) is 0. The highest BCUT2D eigenvalue weighted by Crippen LogP contribution is 2.29. The van der Waals surface area contributed by atoms with Crippen LogP contribution in [0.15, 0.2) is 23.5 Å². The van der Waals surface area contributed by atoms with Crippen molar-refractivity contribution >= 4 is 6.09 Å². The van der Waals surface area contributed by atoms with Crippen LogP contribution in [-0.4, -0.2) is 36.8 Å². The summed E-state index contributed by atoms with van der Waals surface area (Å²) in [6, 6.07) is 0. The predicted octanol–water partition coefficient (Wildman–Crippen LogP) is 5.30. The molecule has 0 radical (unpaired) electrons. The maximum atomic E-state index is 12.1. The number of carbonyl (C=O) groups is 1. The Balaban J connectivity index is 1.69. The molecular weight excluding hydrogens is 314 g/mol. The Hall–Kier alpha value is -1.45. The molecule has 142 valence electrons. The van der Waals surface area contributed by atoms with E-state index in [2.05, 4.69) is 19.1 Å². The van der Waals surface area contributed by atoms with Crippen molar-refractivity contribution in [3.05, 3.63) is 23.5 Å². The number of rotatable bonds is 5. The molecule has 2 rings (SSSR count). The number of nitrogens with zero attached hydrogens (tertiary/aromatic N) is 1. The van der Waals surface area contributed by atoms with Crippen LogP contribution >= 0.6 is 0 Å². The topological polar surface area (TPSA) is 38.8 Å². The number of likely N-dealkylation sites (tertiary alicyclic amines) is 1. The van der Waals surface area contributed by atoms with E-state index in [9.17, 15) is 4.79 Å². The van der Waals surface area contributed by atoms with Gasteiger partial charge in [-0.3, -0.25) is 0 Å². The van der Waals surface area contributed by atoms with E-state index in [1.54, 1.807) is 7.11 Å². The zero-order valence-corrected chi connectivity index (χ0v) is 16.6. The Kier molecular flexibility index (Phi) is 6.97. The molecule has 0 aromatic carbocycles. The number of hydrogen-bond donors (Lipinski definition) is 0. The number of methoxy groups -OCH3 is 1. The van der Waals surface area contributed by atoms with Gasteiger partial charge in [-0.1, -0.05) is 13.0 Å². The fraction of sp³-hybridized carbons (Fsp3) is 0.762. The second kappa shape index (κ2) is 8.77. The fourth-order valence-electron chi connectivity index (χ4n) is 3.60. The van der Waals surface area contributed by atoms with Gasteiger partial charge < -0.3 is 14.4 Å². The van der Waals surface area contributed by atoms with Crippen LogP contribution in [0.5, 0.6) is 0 Å². The number of hydrogen-bond acceptors (Lipinski definition) is 3. The summed E-state index contributed by atoms with van der Waals surface area (Å²) < 4.78 is 11.0. The first-order valence-corrected chi connectivity index (χ1v) is 9.71. The van der Waals surface area contributed by atoms with Gasteiger partial charge in [-0.2, -0.15) is 0 Å². The predicted molar refractivity (Wildman–Crippen MR) is 101 cm³/mol. The second-order valence-corrected chi connectivity index (χ2v) is 8.48. The molecule has 0 bridgehead atoms. The van der Waals surface area contributed by atoms with Gasteiger partial charge in [0.25, 0.3) is 0 Å². The molecule has 25 heavy (non-hydrogen) atoms. The van der Waals surface area contributed by atoms with Crippen molar-refractivity contribution in [3.8, 4) is 0 Å². The third-order valence-electron chi connectivity index (χ3n) is 5.03. The summed E-state index contributed by atoms with van der Waals surface area (Å²) in [4.78, 5) is 14.0. The van der Waals surface area contributed by atoms with Crippen LogP contribution in [0.2, 0.25) is 0 Å². The van der Waals surface area contributed by atoms with Crippen molar-refractivity contribution in [2.75, 3.05) is 20.2 Å². The Labute approximate surface area is 153 Å². The van der Waals surface area contributed by atoms with Crippen LogP contribution in [0.25, 0.3) is 0 Å². The normalized spacial score (nSPS) is 22.3. The lowest BCUT2D eigenvalue weighted by Crippen LogP contribution is -2.41. The summed E-state index contributed by atoms with van der Waals surface area (Å²) in [6.07, 6.45) is 11.2. The average molecular weight is 350 g/mol. The van der Waals surface area contributed by atoms with Crippen molar-refractivity contribution in [1.82, 2.24) is 4.90 Å². The molecule has 4 nitrogen and oxygen atoms in total. The molecule has 1 unspecified atom stereocenters. The van der Waals surface area contributed by atoms with Crippen molar-refractivity contribution in [1.29, 1.82) is 0 Å². The smallest absolute Gasteiger partial charge is 0.410 e. The van der Waals surface area contributed by atoms with Gasteiger partial charge in [0, 0.05) is 13.1 Å². The number of carbonyl (C=O) groups excluding carboxylic acids is 1. The fourth-order valence-corrected chi connectivity index (χ4v) is 3.60. The lowest BCUT2D eigenvalue weighted by atomic mass is 9.89. The van der Waals surface area contributed by atoms with Gasteiger partial charge in [0.05, 0.1) is 7.11 Å². The molecule has 4 heteroatoms. The number of ether oxygens (including phenoxy) is 2. The van der Waals surface area contributed by atoms with Gasteiger partial charge in [0.15, 0.2) is 0 Å². The van der Waals surface area contributed by atoms with Gasteiger partial charge in [-0.25, -0.2) is 4.79 Å². The molecular formula is C21H35NO3. The summed E-state index contributed by atoms with van der Waals surface area (Å²) in [5.74, 6) is 2.37. The molecule has 1 aliphatic carbocycles. The lowest BCUT2D eigenvalue weighted by molar-refractivity contribution is 0.0180. The summed E-state index contributed by atoms with van der Waals surface area (Å²) in [6.45, 7) is 9.62. The molecule has 2 aliphatic rings. The molecule has 0 aromatic rings. The van der Waals surface area contributed by atoms with E-state index in [-0.39, 0.29) is 6.09 Å². The monoisotopic (exact) mass is 349 g/mol. The second-order valence-electron chi connectivity index (χ2n) is 8.48. The minimum absolute atomic E-state index is 0.165.